The third-order valence-electron chi connectivity index (χ3n) is 2.48. The fourth-order valence-corrected chi connectivity index (χ4v) is 2.47. The smallest absolute Gasteiger partial charge is 0.397 e. The van der Waals surface area contributed by atoms with Gasteiger partial charge < -0.3 is 9.15 Å². The fraction of sp³-hybridized carbons (Fsp3) is 0.500. The largest absolute Gasteiger partial charge is 0.450 e. The highest BCUT2D eigenvalue weighted by Gasteiger charge is 2.14. The second-order valence-corrected chi connectivity index (χ2v) is 5.64. The summed E-state index contributed by atoms with van der Waals surface area (Å²) in [5, 5.41) is 0.574. The first-order chi connectivity index (χ1) is 7.99. The van der Waals surface area contributed by atoms with E-state index in [0.717, 1.165) is 10.4 Å². The predicted molar refractivity (Wildman–Crippen MR) is 68.0 cm³/mol. The van der Waals surface area contributed by atoms with Crippen LogP contribution in [0.5, 0.6) is 6.08 Å². The van der Waals surface area contributed by atoms with Crippen molar-refractivity contribution in [3.05, 3.63) is 20.9 Å². The van der Waals surface area contributed by atoms with Crippen LogP contribution >= 0.6 is 11.3 Å². The summed E-state index contributed by atoms with van der Waals surface area (Å²) in [4.78, 5) is 17.8. The van der Waals surface area contributed by atoms with E-state index in [1.165, 1.54) is 11.3 Å². The molecule has 0 aliphatic heterocycles. The molecular weight excluding hydrogens is 238 g/mol. The molecular formula is C12H15NO3S. The summed E-state index contributed by atoms with van der Waals surface area (Å²) in [5.74, 6) is 0.365. The summed E-state index contributed by atoms with van der Waals surface area (Å²) in [5.41, 5.74) is 0.581. The van der Waals surface area contributed by atoms with Crippen molar-refractivity contribution in [3.8, 4) is 6.08 Å². The molecule has 92 valence electrons. The Bertz CT molecular complexity index is 598. The molecule has 17 heavy (non-hydrogen) atoms. The molecule has 2 heterocycles. The summed E-state index contributed by atoms with van der Waals surface area (Å²) >= 11 is 1.49. The van der Waals surface area contributed by atoms with E-state index in [4.69, 9.17) is 9.15 Å². The Balaban J connectivity index is 2.46. The fourth-order valence-electron chi connectivity index (χ4n) is 1.46. The predicted octanol–water partition coefficient (Wildman–Crippen LogP) is 2.90. The van der Waals surface area contributed by atoms with Gasteiger partial charge in [-0.05, 0) is 25.3 Å². The number of ether oxygens (including phenoxy) is 1. The van der Waals surface area contributed by atoms with E-state index in [1.54, 1.807) is 0 Å². The second kappa shape index (κ2) is 4.49. The van der Waals surface area contributed by atoms with Crippen molar-refractivity contribution >= 4 is 21.6 Å². The van der Waals surface area contributed by atoms with Crippen LogP contribution in [0, 0.1) is 19.8 Å². The molecule has 0 aliphatic rings. The third-order valence-corrected chi connectivity index (χ3v) is 3.58. The summed E-state index contributed by atoms with van der Waals surface area (Å²) in [7, 11) is 0. The minimum absolute atomic E-state index is 0.0671. The summed E-state index contributed by atoms with van der Waals surface area (Å²) < 4.78 is 10.4. The van der Waals surface area contributed by atoms with Crippen LogP contribution in [-0.2, 0) is 0 Å². The summed E-state index contributed by atoms with van der Waals surface area (Å²) in [6.45, 7) is 8.41. The van der Waals surface area contributed by atoms with E-state index in [0.29, 0.717) is 22.7 Å². The van der Waals surface area contributed by atoms with Crippen LogP contribution in [0.2, 0.25) is 0 Å². The molecule has 0 saturated heterocycles. The van der Waals surface area contributed by atoms with Crippen LogP contribution in [0.4, 0.5) is 0 Å². The maximum absolute atomic E-state index is 11.8. The molecule has 5 heteroatoms. The van der Waals surface area contributed by atoms with Gasteiger partial charge in [-0.3, -0.25) is 0 Å². The monoisotopic (exact) mass is 253 g/mol. The Labute approximate surface area is 103 Å². The molecule has 0 radical (unpaired) electrons. The summed E-state index contributed by atoms with van der Waals surface area (Å²) in [6.07, 6.45) is 0.0671. The minimum Gasteiger partial charge on any atom is -0.450 e. The lowest BCUT2D eigenvalue weighted by molar-refractivity contribution is 0.191. The molecule has 0 fully saturated rings. The van der Waals surface area contributed by atoms with Gasteiger partial charge in [0.05, 0.1) is 6.61 Å². The van der Waals surface area contributed by atoms with E-state index in [9.17, 15) is 4.79 Å². The molecule has 2 aromatic rings. The quantitative estimate of drug-likeness (QED) is 0.844. The topological polar surface area (TPSA) is 52.3 Å². The highest BCUT2D eigenvalue weighted by Crippen LogP contribution is 2.27. The molecule has 0 spiro atoms. The van der Waals surface area contributed by atoms with Crippen molar-refractivity contribution < 1.29 is 9.15 Å². The number of hydrogen-bond acceptors (Lipinski definition) is 5. The third kappa shape index (κ3) is 2.34. The van der Waals surface area contributed by atoms with Crippen LogP contribution in [0.3, 0.4) is 0 Å². The van der Waals surface area contributed by atoms with Crippen LogP contribution in [0.25, 0.3) is 10.2 Å². The van der Waals surface area contributed by atoms with Gasteiger partial charge in [0, 0.05) is 4.88 Å². The van der Waals surface area contributed by atoms with Crippen LogP contribution < -0.4 is 10.4 Å². The number of thiophene rings is 1. The number of aryl methyl sites for hydroxylation is 2. The number of hydrogen-bond donors (Lipinski definition) is 0. The molecule has 0 saturated carbocycles. The molecule has 0 aliphatic carbocycles. The zero-order valence-corrected chi connectivity index (χ0v) is 11.2. The maximum atomic E-state index is 11.8. The molecule has 0 aromatic carbocycles. The maximum Gasteiger partial charge on any atom is 0.397 e. The number of aromatic nitrogens is 1. The van der Waals surface area contributed by atoms with Crippen molar-refractivity contribution in [3.63, 3.8) is 0 Å². The molecule has 4 nitrogen and oxygen atoms in total. The van der Waals surface area contributed by atoms with Crippen molar-refractivity contribution in [2.45, 2.75) is 27.7 Å². The van der Waals surface area contributed by atoms with Crippen molar-refractivity contribution in [2.75, 3.05) is 6.61 Å². The lowest BCUT2D eigenvalue weighted by Gasteiger charge is -2.05. The Kier molecular flexibility index (Phi) is 3.19. The normalized spacial score (nSPS) is 11.4. The van der Waals surface area contributed by atoms with Crippen LogP contribution in [-0.4, -0.2) is 11.6 Å². The van der Waals surface area contributed by atoms with E-state index in [2.05, 4.69) is 4.98 Å². The Hall–Kier alpha value is -1.36. The molecule has 0 amide bonds. The van der Waals surface area contributed by atoms with Gasteiger partial charge >= 0.3 is 11.7 Å². The average molecular weight is 253 g/mol. The zero-order valence-electron chi connectivity index (χ0n) is 10.4. The van der Waals surface area contributed by atoms with Gasteiger partial charge in [0.2, 0.25) is 0 Å². The number of rotatable bonds is 3. The first-order valence-electron chi connectivity index (χ1n) is 5.52. The number of fused-ring (bicyclic) bond motifs is 1. The summed E-state index contributed by atoms with van der Waals surface area (Å²) in [6, 6.07) is 0. The highest BCUT2D eigenvalue weighted by atomic mass is 32.1. The Morgan fingerprint density at radius 2 is 2.12 bits per heavy atom. The molecule has 0 bridgehead atoms. The Morgan fingerprint density at radius 1 is 1.41 bits per heavy atom. The lowest BCUT2D eigenvalue weighted by Crippen LogP contribution is -2.09. The highest BCUT2D eigenvalue weighted by molar-refractivity contribution is 7.18. The van der Waals surface area contributed by atoms with Crippen LogP contribution in [0.1, 0.15) is 24.3 Å². The number of nitrogens with zero attached hydrogens (tertiary/aromatic N) is 1. The van der Waals surface area contributed by atoms with Gasteiger partial charge in [0.15, 0.2) is 0 Å². The molecule has 2 aromatic heterocycles. The molecule has 2 rings (SSSR count). The van der Waals surface area contributed by atoms with Gasteiger partial charge in [-0.25, -0.2) is 4.79 Å². The standard InChI is InChI=1S/C12H15NO3S/c1-6(2)5-15-12-13-10-9(11(14)16-12)7(3)8(4)17-10/h6H,5H2,1-4H3. The van der Waals surface area contributed by atoms with Gasteiger partial charge in [0.25, 0.3) is 0 Å². The van der Waals surface area contributed by atoms with Gasteiger partial charge in [0.1, 0.15) is 10.2 Å². The van der Waals surface area contributed by atoms with E-state index < -0.39 is 0 Å². The van der Waals surface area contributed by atoms with Crippen molar-refractivity contribution in [2.24, 2.45) is 5.92 Å². The first kappa shape index (κ1) is 12.1. The van der Waals surface area contributed by atoms with Gasteiger partial charge in [-0.1, -0.05) is 13.8 Å². The van der Waals surface area contributed by atoms with E-state index in [-0.39, 0.29) is 11.7 Å². The van der Waals surface area contributed by atoms with Gasteiger partial charge in [-0.15, -0.1) is 11.3 Å². The SMILES string of the molecule is Cc1sc2nc(OCC(C)C)oc(=O)c2c1C. The average Bonchev–Trinajstić information content (AvgIpc) is 2.52. The molecule has 0 N–H and O–H groups in total. The first-order valence-corrected chi connectivity index (χ1v) is 6.34. The molecule has 0 unspecified atom stereocenters. The van der Waals surface area contributed by atoms with Gasteiger partial charge in [-0.2, -0.15) is 4.98 Å². The second-order valence-electron chi connectivity index (χ2n) is 4.44. The van der Waals surface area contributed by atoms with Crippen LogP contribution in [0.15, 0.2) is 9.21 Å². The zero-order chi connectivity index (χ0) is 12.6. The molecule has 0 atom stereocenters. The van der Waals surface area contributed by atoms with E-state index >= 15 is 0 Å². The Morgan fingerprint density at radius 3 is 2.76 bits per heavy atom. The van der Waals surface area contributed by atoms with Crippen molar-refractivity contribution in [1.82, 2.24) is 4.98 Å². The van der Waals surface area contributed by atoms with E-state index in [1.807, 2.05) is 27.7 Å². The lowest BCUT2D eigenvalue weighted by atomic mass is 10.2. The van der Waals surface area contributed by atoms with Crippen molar-refractivity contribution in [1.29, 1.82) is 0 Å². The minimum atomic E-state index is -0.365.